The molecule has 96 valence electrons. The van der Waals surface area contributed by atoms with Crippen LogP contribution in [-0.4, -0.2) is 30.2 Å². The molecule has 2 N–H and O–H groups in total. The summed E-state index contributed by atoms with van der Waals surface area (Å²) in [5.74, 6) is 1.81. The van der Waals surface area contributed by atoms with Crippen LogP contribution in [0.1, 0.15) is 12.5 Å². The first-order valence-electron chi connectivity index (χ1n) is 5.40. The number of benzene rings is 1. The van der Waals surface area contributed by atoms with Gasteiger partial charge in [0.05, 0.1) is 14.2 Å². The van der Waals surface area contributed by atoms with Gasteiger partial charge in [-0.15, -0.1) is 0 Å². The van der Waals surface area contributed by atoms with Crippen LogP contribution in [-0.2, 0) is 16.6 Å². The maximum Gasteiger partial charge on any atom is 0.161 e. The van der Waals surface area contributed by atoms with Crippen molar-refractivity contribution in [3.8, 4) is 11.5 Å². The van der Waals surface area contributed by atoms with Gasteiger partial charge in [-0.3, -0.25) is 4.21 Å². The summed E-state index contributed by atoms with van der Waals surface area (Å²) in [6, 6.07) is 5.56. The van der Waals surface area contributed by atoms with Crippen LogP contribution >= 0.6 is 0 Å². The van der Waals surface area contributed by atoms with Crippen molar-refractivity contribution in [3.05, 3.63) is 23.8 Å². The molecule has 0 spiro atoms. The number of nitrogens with two attached hydrogens (primary N) is 1. The van der Waals surface area contributed by atoms with Crippen LogP contribution in [0, 0.1) is 0 Å². The van der Waals surface area contributed by atoms with Crippen molar-refractivity contribution in [1.29, 1.82) is 0 Å². The van der Waals surface area contributed by atoms with Crippen molar-refractivity contribution in [1.82, 2.24) is 0 Å². The molecule has 0 saturated heterocycles. The quantitative estimate of drug-likeness (QED) is 0.834. The van der Waals surface area contributed by atoms with Gasteiger partial charge >= 0.3 is 0 Å². The first-order valence-corrected chi connectivity index (χ1v) is 6.78. The average molecular weight is 257 g/mol. The minimum absolute atomic E-state index is 0.00287. The molecular weight excluding hydrogens is 238 g/mol. The Labute approximate surface area is 105 Å². The third-order valence-corrected chi connectivity index (χ3v) is 4.25. The van der Waals surface area contributed by atoms with Gasteiger partial charge in [0.25, 0.3) is 0 Å². The highest BCUT2D eigenvalue weighted by atomic mass is 32.2. The topological polar surface area (TPSA) is 61.5 Å². The average Bonchev–Trinajstić information content (AvgIpc) is 2.37. The molecule has 1 aromatic carbocycles. The summed E-state index contributed by atoms with van der Waals surface area (Å²) in [6.07, 6.45) is 0. The Kier molecular flexibility index (Phi) is 5.44. The van der Waals surface area contributed by atoms with Gasteiger partial charge in [0, 0.05) is 28.3 Å². The number of hydrogen-bond donors (Lipinski definition) is 1. The van der Waals surface area contributed by atoms with E-state index < -0.39 is 10.8 Å². The number of ether oxygens (including phenoxy) is 2. The Morgan fingerprint density at radius 3 is 2.47 bits per heavy atom. The standard InChI is InChI=1S/C12H19NO3S/c1-9(7-13)17(14)8-10-4-5-11(15-2)12(6-10)16-3/h4-6,9H,7-8,13H2,1-3H3. The molecule has 0 aromatic heterocycles. The highest BCUT2D eigenvalue weighted by Gasteiger charge is 2.11. The van der Waals surface area contributed by atoms with Crippen molar-refractivity contribution in [2.75, 3.05) is 20.8 Å². The summed E-state index contributed by atoms with van der Waals surface area (Å²) in [5.41, 5.74) is 6.45. The summed E-state index contributed by atoms with van der Waals surface area (Å²) in [5, 5.41) is 0.00287. The summed E-state index contributed by atoms with van der Waals surface area (Å²) in [6.45, 7) is 2.32. The van der Waals surface area contributed by atoms with E-state index >= 15 is 0 Å². The molecule has 0 radical (unpaired) electrons. The maximum absolute atomic E-state index is 11.9. The maximum atomic E-state index is 11.9. The van der Waals surface area contributed by atoms with Crippen LogP contribution in [0.15, 0.2) is 18.2 Å². The summed E-state index contributed by atoms with van der Waals surface area (Å²) >= 11 is 0. The van der Waals surface area contributed by atoms with Gasteiger partial charge in [0.2, 0.25) is 0 Å². The largest absolute Gasteiger partial charge is 0.493 e. The molecule has 5 heteroatoms. The van der Waals surface area contributed by atoms with Gasteiger partial charge in [0.15, 0.2) is 11.5 Å². The van der Waals surface area contributed by atoms with E-state index in [2.05, 4.69) is 0 Å². The lowest BCUT2D eigenvalue weighted by Gasteiger charge is -2.11. The second kappa shape index (κ2) is 6.61. The van der Waals surface area contributed by atoms with Gasteiger partial charge in [-0.25, -0.2) is 0 Å². The molecule has 1 aromatic rings. The fourth-order valence-corrected chi connectivity index (χ4v) is 2.39. The second-order valence-electron chi connectivity index (χ2n) is 3.76. The number of methoxy groups -OCH3 is 2. The summed E-state index contributed by atoms with van der Waals surface area (Å²) < 4.78 is 22.2. The van der Waals surface area contributed by atoms with E-state index in [1.807, 2.05) is 25.1 Å². The van der Waals surface area contributed by atoms with Crippen molar-refractivity contribution < 1.29 is 13.7 Å². The minimum atomic E-state index is -0.956. The Hall–Kier alpha value is -1.07. The second-order valence-corrected chi connectivity index (χ2v) is 5.62. The molecule has 0 aliphatic heterocycles. The van der Waals surface area contributed by atoms with Gasteiger partial charge < -0.3 is 15.2 Å². The molecule has 1 rings (SSSR count). The van der Waals surface area contributed by atoms with Crippen molar-refractivity contribution in [2.45, 2.75) is 17.9 Å². The van der Waals surface area contributed by atoms with Crippen LogP contribution in [0.3, 0.4) is 0 Å². The highest BCUT2D eigenvalue weighted by Crippen LogP contribution is 2.28. The van der Waals surface area contributed by atoms with E-state index in [0.717, 1.165) is 5.56 Å². The van der Waals surface area contributed by atoms with Crippen molar-refractivity contribution in [3.63, 3.8) is 0 Å². The smallest absolute Gasteiger partial charge is 0.161 e. The van der Waals surface area contributed by atoms with Gasteiger partial charge in [-0.2, -0.15) is 0 Å². The molecule has 4 nitrogen and oxygen atoms in total. The van der Waals surface area contributed by atoms with Crippen molar-refractivity contribution in [2.24, 2.45) is 5.73 Å². The molecule has 0 aliphatic rings. The van der Waals surface area contributed by atoms with Gasteiger partial charge in [-0.05, 0) is 24.6 Å². The molecule has 0 bridgehead atoms. The van der Waals surface area contributed by atoms with Gasteiger partial charge in [-0.1, -0.05) is 6.07 Å². The van der Waals surface area contributed by atoms with E-state index in [9.17, 15) is 4.21 Å². The highest BCUT2D eigenvalue weighted by molar-refractivity contribution is 7.84. The molecule has 2 atom stereocenters. The predicted molar refractivity (Wildman–Crippen MR) is 69.9 cm³/mol. The molecule has 17 heavy (non-hydrogen) atoms. The van der Waals surface area contributed by atoms with Crippen LogP contribution in [0.4, 0.5) is 0 Å². The van der Waals surface area contributed by atoms with E-state index in [0.29, 0.717) is 23.8 Å². The van der Waals surface area contributed by atoms with Gasteiger partial charge in [0.1, 0.15) is 0 Å². The van der Waals surface area contributed by atoms with Crippen LogP contribution < -0.4 is 15.2 Å². The predicted octanol–water partition coefficient (Wildman–Crippen LogP) is 1.30. The first kappa shape index (κ1) is 14.0. The lowest BCUT2D eigenvalue weighted by Crippen LogP contribution is -2.22. The van der Waals surface area contributed by atoms with E-state index in [1.165, 1.54) is 0 Å². The fraction of sp³-hybridized carbons (Fsp3) is 0.500. The van der Waals surface area contributed by atoms with Crippen molar-refractivity contribution >= 4 is 10.8 Å². The first-order chi connectivity index (χ1) is 8.12. The van der Waals surface area contributed by atoms with E-state index in [-0.39, 0.29) is 5.25 Å². The SMILES string of the molecule is COc1ccc(CS(=O)C(C)CN)cc1OC. The Bertz CT molecular complexity index is 395. The molecule has 0 amide bonds. The third kappa shape index (κ3) is 3.71. The minimum Gasteiger partial charge on any atom is -0.493 e. The number of hydrogen-bond acceptors (Lipinski definition) is 4. The molecule has 0 fully saturated rings. The Morgan fingerprint density at radius 1 is 1.29 bits per heavy atom. The zero-order chi connectivity index (χ0) is 12.8. The van der Waals surface area contributed by atoms with Crippen LogP contribution in [0.5, 0.6) is 11.5 Å². The Balaban J connectivity index is 2.82. The lowest BCUT2D eigenvalue weighted by molar-refractivity contribution is 0.354. The summed E-state index contributed by atoms with van der Waals surface area (Å²) in [4.78, 5) is 0. The molecule has 2 unspecified atom stereocenters. The zero-order valence-corrected chi connectivity index (χ0v) is 11.3. The monoisotopic (exact) mass is 257 g/mol. The summed E-state index contributed by atoms with van der Waals surface area (Å²) in [7, 11) is 2.22. The molecule has 0 saturated carbocycles. The van der Waals surface area contributed by atoms with E-state index in [4.69, 9.17) is 15.2 Å². The zero-order valence-electron chi connectivity index (χ0n) is 10.4. The Morgan fingerprint density at radius 2 is 1.94 bits per heavy atom. The molecular formula is C12H19NO3S. The van der Waals surface area contributed by atoms with E-state index in [1.54, 1.807) is 14.2 Å². The lowest BCUT2D eigenvalue weighted by atomic mass is 10.2. The molecule has 0 heterocycles. The van der Waals surface area contributed by atoms with Crippen LogP contribution in [0.25, 0.3) is 0 Å². The van der Waals surface area contributed by atoms with Crippen LogP contribution in [0.2, 0.25) is 0 Å². The third-order valence-electron chi connectivity index (χ3n) is 2.54. The molecule has 0 aliphatic carbocycles. The fourth-order valence-electron chi connectivity index (χ4n) is 1.38. The number of rotatable bonds is 6. The normalized spacial score (nSPS) is 14.1.